The molecule has 1 amide bonds. The van der Waals surface area contributed by atoms with Crippen molar-refractivity contribution in [3.8, 4) is 0 Å². The third kappa shape index (κ3) is 3.27. The Labute approximate surface area is 148 Å². The number of carbonyl (C=O) groups is 1. The highest BCUT2D eigenvalue weighted by atomic mass is 16.3. The molecular formula is C21H24N2O2. The number of fused-ring (bicyclic) bond motifs is 1. The zero-order valence-electron chi connectivity index (χ0n) is 14.3. The normalized spacial score (nSPS) is 22.5. The standard InChI is InChI=1S/C21H24N2O2/c24-19-14-16-6-2-3-7-18(16)20(19)22-21(25)15-8-10-17(11-9-15)23-12-4-1-5-13-23/h2-3,6-11,19-20,24H,1,4-5,12-14H2,(H,22,25). The van der Waals surface area contributed by atoms with Crippen molar-refractivity contribution in [3.63, 3.8) is 0 Å². The van der Waals surface area contributed by atoms with Crippen molar-refractivity contribution >= 4 is 11.6 Å². The van der Waals surface area contributed by atoms with Crippen LogP contribution in [0.5, 0.6) is 0 Å². The van der Waals surface area contributed by atoms with Crippen LogP contribution in [-0.2, 0) is 6.42 Å². The summed E-state index contributed by atoms with van der Waals surface area (Å²) < 4.78 is 0. The summed E-state index contributed by atoms with van der Waals surface area (Å²) in [6, 6.07) is 15.4. The topological polar surface area (TPSA) is 52.6 Å². The highest BCUT2D eigenvalue weighted by Gasteiger charge is 2.32. The number of amides is 1. The molecule has 4 rings (SSSR count). The van der Waals surface area contributed by atoms with Crippen LogP contribution in [0.1, 0.15) is 46.8 Å². The molecule has 4 nitrogen and oxygen atoms in total. The summed E-state index contributed by atoms with van der Waals surface area (Å²) in [6.45, 7) is 2.19. The van der Waals surface area contributed by atoms with E-state index in [0.29, 0.717) is 12.0 Å². The van der Waals surface area contributed by atoms with Gasteiger partial charge in [0.1, 0.15) is 0 Å². The maximum absolute atomic E-state index is 12.6. The van der Waals surface area contributed by atoms with Gasteiger partial charge in [0.2, 0.25) is 0 Å². The average Bonchev–Trinajstić information content (AvgIpc) is 2.98. The number of benzene rings is 2. The van der Waals surface area contributed by atoms with E-state index in [1.54, 1.807) is 0 Å². The van der Waals surface area contributed by atoms with E-state index in [9.17, 15) is 9.90 Å². The van der Waals surface area contributed by atoms with Crippen LogP contribution in [0, 0.1) is 0 Å². The van der Waals surface area contributed by atoms with E-state index in [1.807, 2.05) is 48.5 Å². The smallest absolute Gasteiger partial charge is 0.251 e. The van der Waals surface area contributed by atoms with Crippen LogP contribution in [0.25, 0.3) is 0 Å². The molecule has 2 atom stereocenters. The fourth-order valence-electron chi connectivity index (χ4n) is 3.95. The molecule has 4 heteroatoms. The van der Waals surface area contributed by atoms with Crippen molar-refractivity contribution in [2.24, 2.45) is 0 Å². The van der Waals surface area contributed by atoms with Gasteiger partial charge < -0.3 is 15.3 Å². The number of nitrogens with zero attached hydrogens (tertiary/aromatic N) is 1. The summed E-state index contributed by atoms with van der Waals surface area (Å²) in [5, 5.41) is 13.3. The van der Waals surface area contributed by atoms with Gasteiger partial charge in [0.05, 0.1) is 12.1 Å². The van der Waals surface area contributed by atoms with Crippen LogP contribution < -0.4 is 10.2 Å². The lowest BCUT2D eigenvalue weighted by molar-refractivity contribution is 0.0858. The first-order valence-electron chi connectivity index (χ1n) is 9.14. The van der Waals surface area contributed by atoms with Crippen LogP contribution in [0.3, 0.4) is 0 Å². The minimum atomic E-state index is -0.561. The number of hydrogen-bond acceptors (Lipinski definition) is 3. The largest absolute Gasteiger partial charge is 0.390 e. The summed E-state index contributed by atoms with van der Waals surface area (Å²) in [6.07, 6.45) is 3.81. The lowest BCUT2D eigenvalue weighted by Gasteiger charge is -2.28. The van der Waals surface area contributed by atoms with Crippen LogP contribution in [-0.4, -0.2) is 30.2 Å². The molecule has 1 fully saturated rings. The summed E-state index contributed by atoms with van der Waals surface area (Å²) in [5.74, 6) is -0.133. The molecule has 2 aromatic rings. The van der Waals surface area contributed by atoms with Crippen LogP contribution in [0.15, 0.2) is 48.5 Å². The molecule has 1 aliphatic heterocycles. The van der Waals surface area contributed by atoms with Crippen LogP contribution >= 0.6 is 0 Å². The Morgan fingerprint density at radius 3 is 2.48 bits per heavy atom. The highest BCUT2D eigenvalue weighted by Crippen LogP contribution is 2.31. The van der Waals surface area contributed by atoms with Crippen molar-refractivity contribution in [1.29, 1.82) is 0 Å². The molecule has 130 valence electrons. The minimum absolute atomic E-state index is 0.133. The van der Waals surface area contributed by atoms with Gasteiger partial charge in [0, 0.05) is 30.8 Å². The van der Waals surface area contributed by atoms with Gasteiger partial charge in [-0.2, -0.15) is 0 Å². The second-order valence-electron chi connectivity index (χ2n) is 7.02. The molecule has 25 heavy (non-hydrogen) atoms. The van der Waals surface area contributed by atoms with E-state index in [2.05, 4.69) is 10.2 Å². The summed E-state index contributed by atoms with van der Waals surface area (Å²) >= 11 is 0. The molecule has 1 aliphatic carbocycles. The van der Waals surface area contributed by atoms with E-state index in [4.69, 9.17) is 0 Å². The van der Waals surface area contributed by atoms with Gasteiger partial charge in [0.25, 0.3) is 5.91 Å². The molecule has 1 heterocycles. The van der Waals surface area contributed by atoms with E-state index < -0.39 is 6.10 Å². The number of anilines is 1. The first-order chi connectivity index (χ1) is 12.2. The van der Waals surface area contributed by atoms with Gasteiger partial charge in [-0.25, -0.2) is 0 Å². The highest BCUT2D eigenvalue weighted by molar-refractivity contribution is 5.95. The zero-order valence-corrected chi connectivity index (χ0v) is 14.3. The maximum Gasteiger partial charge on any atom is 0.251 e. The zero-order chi connectivity index (χ0) is 17.2. The van der Waals surface area contributed by atoms with Crippen molar-refractivity contribution < 1.29 is 9.90 Å². The minimum Gasteiger partial charge on any atom is -0.390 e. The monoisotopic (exact) mass is 336 g/mol. The summed E-state index contributed by atoms with van der Waals surface area (Å²) in [7, 11) is 0. The molecule has 0 spiro atoms. The predicted octanol–water partition coefficient (Wildman–Crippen LogP) is 3.07. The van der Waals surface area contributed by atoms with Crippen molar-refractivity contribution in [2.75, 3.05) is 18.0 Å². The molecule has 0 aromatic heterocycles. The third-order valence-corrected chi connectivity index (χ3v) is 5.34. The van der Waals surface area contributed by atoms with Gasteiger partial charge in [-0.05, 0) is 54.7 Å². The second-order valence-corrected chi connectivity index (χ2v) is 7.02. The average molecular weight is 336 g/mol. The number of piperidine rings is 1. The number of nitrogens with one attached hydrogen (secondary N) is 1. The first kappa shape index (κ1) is 16.2. The van der Waals surface area contributed by atoms with Gasteiger partial charge in [-0.15, -0.1) is 0 Å². The fourth-order valence-corrected chi connectivity index (χ4v) is 3.95. The quantitative estimate of drug-likeness (QED) is 0.906. The van der Waals surface area contributed by atoms with E-state index in [0.717, 1.165) is 24.2 Å². The Hall–Kier alpha value is -2.33. The molecule has 2 aliphatic rings. The Bertz CT molecular complexity index is 751. The summed E-state index contributed by atoms with van der Waals surface area (Å²) in [5.41, 5.74) is 3.95. The lowest BCUT2D eigenvalue weighted by Crippen LogP contribution is -2.34. The van der Waals surface area contributed by atoms with Gasteiger partial charge in [0.15, 0.2) is 0 Å². The van der Waals surface area contributed by atoms with E-state index in [-0.39, 0.29) is 11.9 Å². The molecule has 2 aromatic carbocycles. The Morgan fingerprint density at radius 2 is 1.72 bits per heavy atom. The molecule has 1 saturated heterocycles. The van der Waals surface area contributed by atoms with E-state index >= 15 is 0 Å². The van der Waals surface area contributed by atoms with Gasteiger partial charge in [-0.3, -0.25) is 4.79 Å². The van der Waals surface area contributed by atoms with Crippen LogP contribution in [0.2, 0.25) is 0 Å². The molecular weight excluding hydrogens is 312 g/mol. The Morgan fingerprint density at radius 1 is 1.00 bits per heavy atom. The Balaban J connectivity index is 1.46. The van der Waals surface area contributed by atoms with E-state index in [1.165, 1.54) is 24.9 Å². The van der Waals surface area contributed by atoms with Gasteiger partial charge in [-0.1, -0.05) is 24.3 Å². The first-order valence-corrected chi connectivity index (χ1v) is 9.14. The van der Waals surface area contributed by atoms with Crippen LogP contribution in [0.4, 0.5) is 5.69 Å². The number of rotatable bonds is 3. The predicted molar refractivity (Wildman–Crippen MR) is 98.9 cm³/mol. The number of hydrogen-bond donors (Lipinski definition) is 2. The SMILES string of the molecule is O=C(NC1c2ccccc2CC1O)c1ccc(N2CCCCC2)cc1. The molecule has 0 radical (unpaired) electrons. The number of aliphatic hydroxyl groups excluding tert-OH is 1. The molecule has 2 unspecified atom stereocenters. The number of carbonyl (C=O) groups excluding carboxylic acids is 1. The van der Waals surface area contributed by atoms with Gasteiger partial charge >= 0.3 is 0 Å². The lowest BCUT2D eigenvalue weighted by atomic mass is 10.1. The second kappa shape index (κ2) is 6.89. The molecule has 2 N–H and O–H groups in total. The molecule has 0 saturated carbocycles. The summed E-state index contributed by atoms with van der Waals surface area (Å²) in [4.78, 5) is 15.0. The van der Waals surface area contributed by atoms with Crippen molar-refractivity contribution in [3.05, 3.63) is 65.2 Å². The number of aliphatic hydroxyl groups is 1. The molecule has 0 bridgehead atoms. The maximum atomic E-state index is 12.6. The third-order valence-electron chi connectivity index (χ3n) is 5.34. The fraction of sp³-hybridized carbons (Fsp3) is 0.381. The van der Waals surface area contributed by atoms with Crippen molar-refractivity contribution in [1.82, 2.24) is 5.32 Å². The Kier molecular flexibility index (Phi) is 4.45. The van der Waals surface area contributed by atoms with Crippen molar-refractivity contribution in [2.45, 2.75) is 37.8 Å².